The van der Waals surface area contributed by atoms with Crippen molar-refractivity contribution in [3.63, 3.8) is 0 Å². The molecule has 25 heavy (non-hydrogen) atoms. The Kier molecular flexibility index (Phi) is 3.78. The minimum atomic E-state index is -0.648. The Balaban J connectivity index is 1.47. The Labute approximate surface area is 143 Å². The highest BCUT2D eigenvalue weighted by atomic mass is 16.5. The lowest BCUT2D eigenvalue weighted by atomic mass is 10.0. The van der Waals surface area contributed by atoms with Gasteiger partial charge in [0.05, 0.1) is 0 Å². The molecule has 0 amide bonds. The number of carbonyl (C=O) groups excluding carboxylic acids is 2. The summed E-state index contributed by atoms with van der Waals surface area (Å²) in [7, 11) is 0. The zero-order chi connectivity index (χ0) is 17.2. The van der Waals surface area contributed by atoms with Gasteiger partial charge in [-0.2, -0.15) is 0 Å². The number of benzene rings is 3. The van der Waals surface area contributed by atoms with E-state index in [9.17, 15) is 9.59 Å². The smallest absolute Gasteiger partial charge is 0.374 e. The van der Waals surface area contributed by atoms with Gasteiger partial charge in [0, 0.05) is 10.9 Å². The molecule has 0 bridgehead atoms. The van der Waals surface area contributed by atoms with Crippen LogP contribution < -0.4 is 0 Å². The predicted molar refractivity (Wildman–Crippen MR) is 94.8 cm³/mol. The van der Waals surface area contributed by atoms with Gasteiger partial charge in [0.25, 0.3) is 0 Å². The first-order chi connectivity index (χ1) is 12.2. The zero-order valence-electron chi connectivity index (χ0n) is 13.3. The average Bonchev–Trinajstić information content (AvgIpc) is 3.09. The lowest BCUT2D eigenvalue weighted by Gasteiger charge is -2.04. The van der Waals surface area contributed by atoms with Gasteiger partial charge in [-0.3, -0.25) is 4.79 Å². The summed E-state index contributed by atoms with van der Waals surface area (Å²) in [5.74, 6) is -0.812. The van der Waals surface area contributed by atoms with Crippen LogP contribution in [0.5, 0.6) is 0 Å². The molecule has 3 aromatic carbocycles. The van der Waals surface area contributed by atoms with Crippen LogP contribution in [0.3, 0.4) is 0 Å². The number of Topliss-reactive ketones (excluding diaryl/α,β-unsaturated/α-hetero) is 1. The molecule has 1 heterocycles. The summed E-state index contributed by atoms with van der Waals surface area (Å²) in [5.41, 5.74) is 1.12. The Hall–Kier alpha value is -3.40. The van der Waals surface area contributed by atoms with Crippen molar-refractivity contribution in [2.24, 2.45) is 0 Å². The van der Waals surface area contributed by atoms with E-state index in [0.29, 0.717) is 11.1 Å². The van der Waals surface area contributed by atoms with E-state index in [0.717, 1.165) is 16.2 Å². The van der Waals surface area contributed by atoms with Gasteiger partial charge in [-0.05, 0) is 29.0 Å². The van der Waals surface area contributed by atoms with Crippen LogP contribution in [0.15, 0.2) is 77.2 Å². The van der Waals surface area contributed by atoms with Crippen LogP contribution in [0.25, 0.3) is 21.7 Å². The largest absolute Gasteiger partial charge is 0.451 e. The lowest BCUT2D eigenvalue weighted by Crippen LogP contribution is -2.13. The van der Waals surface area contributed by atoms with Gasteiger partial charge >= 0.3 is 5.97 Å². The van der Waals surface area contributed by atoms with Crippen molar-refractivity contribution in [2.45, 2.75) is 0 Å². The second kappa shape index (κ2) is 6.24. The number of rotatable bonds is 4. The third kappa shape index (κ3) is 3.02. The molecule has 122 valence electrons. The van der Waals surface area contributed by atoms with Gasteiger partial charge in [0.2, 0.25) is 5.76 Å². The van der Waals surface area contributed by atoms with Crippen LogP contribution in [-0.4, -0.2) is 18.4 Å². The maximum atomic E-state index is 12.3. The Morgan fingerprint density at radius 3 is 2.32 bits per heavy atom. The van der Waals surface area contributed by atoms with Gasteiger partial charge in [-0.25, -0.2) is 4.79 Å². The number of para-hydroxylation sites is 1. The molecule has 1 aromatic heterocycles. The molecule has 0 N–H and O–H groups in total. The van der Waals surface area contributed by atoms with Crippen LogP contribution in [0, 0.1) is 0 Å². The maximum Gasteiger partial charge on any atom is 0.374 e. The molecule has 0 fully saturated rings. The molecule has 0 unspecified atom stereocenters. The minimum absolute atomic E-state index is 0.0903. The molecule has 4 nitrogen and oxygen atoms in total. The first-order valence-corrected chi connectivity index (χ1v) is 7.88. The molecule has 0 radical (unpaired) electrons. The highest BCUT2D eigenvalue weighted by Crippen LogP contribution is 2.20. The van der Waals surface area contributed by atoms with Crippen LogP contribution >= 0.6 is 0 Å². The molecule has 0 saturated carbocycles. The molecular weight excluding hydrogens is 316 g/mol. The number of esters is 1. The van der Waals surface area contributed by atoms with Gasteiger partial charge < -0.3 is 9.15 Å². The number of ketones is 1. The molecule has 0 atom stereocenters. The molecule has 0 saturated heterocycles. The van der Waals surface area contributed by atoms with E-state index in [1.165, 1.54) is 0 Å². The number of fused-ring (bicyclic) bond motifs is 2. The highest BCUT2D eigenvalue weighted by molar-refractivity contribution is 6.02. The molecule has 0 aliphatic carbocycles. The summed E-state index contributed by atoms with van der Waals surface area (Å²) in [6.07, 6.45) is 0. The molecule has 4 heteroatoms. The van der Waals surface area contributed by atoms with E-state index in [2.05, 4.69) is 0 Å². The number of ether oxygens (including phenoxy) is 1. The van der Waals surface area contributed by atoms with E-state index in [1.807, 2.05) is 48.5 Å². The second-order valence-corrected chi connectivity index (χ2v) is 5.71. The molecular formula is C21H14O4. The van der Waals surface area contributed by atoms with E-state index in [4.69, 9.17) is 9.15 Å². The Morgan fingerprint density at radius 2 is 1.52 bits per heavy atom. The monoisotopic (exact) mass is 330 g/mol. The van der Waals surface area contributed by atoms with Gasteiger partial charge in [-0.15, -0.1) is 0 Å². The SMILES string of the molecule is O=C(COC(=O)c1cc2ccccc2o1)c1ccc2ccccc2c1. The number of hydrogen-bond donors (Lipinski definition) is 0. The van der Waals surface area contributed by atoms with Crippen molar-refractivity contribution >= 4 is 33.5 Å². The van der Waals surface area contributed by atoms with Crippen molar-refractivity contribution in [1.82, 2.24) is 0 Å². The molecule has 0 aliphatic rings. The third-order valence-electron chi connectivity index (χ3n) is 4.03. The van der Waals surface area contributed by atoms with E-state index >= 15 is 0 Å². The van der Waals surface area contributed by atoms with Crippen LogP contribution in [0.4, 0.5) is 0 Å². The Bertz CT molecular complexity index is 1060. The molecule has 0 aliphatic heterocycles. The minimum Gasteiger partial charge on any atom is -0.451 e. The van der Waals surface area contributed by atoms with E-state index < -0.39 is 5.97 Å². The number of carbonyl (C=O) groups is 2. The fourth-order valence-electron chi connectivity index (χ4n) is 2.73. The molecule has 4 rings (SSSR count). The summed E-state index contributed by atoms with van der Waals surface area (Å²) in [6.45, 7) is -0.325. The van der Waals surface area contributed by atoms with Crippen molar-refractivity contribution in [3.05, 3.63) is 84.1 Å². The first kappa shape index (κ1) is 15.1. The molecule has 4 aromatic rings. The number of furan rings is 1. The van der Waals surface area contributed by atoms with Crippen LogP contribution in [0.1, 0.15) is 20.9 Å². The fourth-order valence-corrected chi connectivity index (χ4v) is 2.73. The Morgan fingerprint density at radius 1 is 0.800 bits per heavy atom. The van der Waals surface area contributed by atoms with Crippen LogP contribution in [0.2, 0.25) is 0 Å². The quantitative estimate of drug-likeness (QED) is 0.404. The van der Waals surface area contributed by atoms with E-state index in [1.54, 1.807) is 24.3 Å². The van der Waals surface area contributed by atoms with E-state index in [-0.39, 0.29) is 18.2 Å². The highest BCUT2D eigenvalue weighted by Gasteiger charge is 2.16. The average molecular weight is 330 g/mol. The van der Waals surface area contributed by atoms with Crippen molar-refractivity contribution in [3.8, 4) is 0 Å². The summed E-state index contributed by atoms with van der Waals surface area (Å²) >= 11 is 0. The lowest BCUT2D eigenvalue weighted by molar-refractivity contribution is 0.0446. The van der Waals surface area contributed by atoms with Crippen LogP contribution in [-0.2, 0) is 4.74 Å². The summed E-state index contributed by atoms with van der Waals surface area (Å²) in [6, 6.07) is 22.1. The van der Waals surface area contributed by atoms with Gasteiger partial charge in [0.1, 0.15) is 5.58 Å². The van der Waals surface area contributed by atoms with Crippen molar-refractivity contribution in [2.75, 3.05) is 6.61 Å². The third-order valence-corrected chi connectivity index (χ3v) is 4.03. The normalized spacial score (nSPS) is 10.9. The topological polar surface area (TPSA) is 56.5 Å². The first-order valence-electron chi connectivity index (χ1n) is 7.88. The number of hydrogen-bond acceptors (Lipinski definition) is 4. The van der Waals surface area contributed by atoms with Gasteiger partial charge in [-0.1, -0.05) is 54.6 Å². The summed E-state index contributed by atoms with van der Waals surface area (Å²) < 4.78 is 10.5. The zero-order valence-corrected chi connectivity index (χ0v) is 13.3. The summed E-state index contributed by atoms with van der Waals surface area (Å²) in [5, 5.41) is 2.84. The second-order valence-electron chi connectivity index (χ2n) is 5.71. The van der Waals surface area contributed by atoms with Crippen molar-refractivity contribution < 1.29 is 18.7 Å². The molecule has 0 spiro atoms. The maximum absolute atomic E-state index is 12.3. The fraction of sp³-hybridized carbons (Fsp3) is 0.0476. The van der Waals surface area contributed by atoms with Crippen molar-refractivity contribution in [1.29, 1.82) is 0 Å². The standard InChI is InChI=1S/C21H14O4/c22-18(16-10-9-14-5-1-2-6-15(14)11-16)13-24-21(23)20-12-17-7-3-4-8-19(17)25-20/h1-12H,13H2. The van der Waals surface area contributed by atoms with Gasteiger partial charge in [0.15, 0.2) is 12.4 Å². The predicted octanol–water partition coefficient (Wildman–Crippen LogP) is 4.63. The summed E-state index contributed by atoms with van der Waals surface area (Å²) in [4.78, 5) is 24.4.